The van der Waals surface area contributed by atoms with E-state index in [4.69, 9.17) is 9.47 Å². The molecule has 10 nitrogen and oxygen atoms in total. The minimum absolute atomic E-state index is 0.0882. The van der Waals surface area contributed by atoms with Gasteiger partial charge in [0.25, 0.3) is 0 Å². The van der Waals surface area contributed by atoms with Gasteiger partial charge in [-0.15, -0.1) is 13.2 Å². The van der Waals surface area contributed by atoms with Gasteiger partial charge in [-0.3, -0.25) is 19.2 Å². The van der Waals surface area contributed by atoms with E-state index in [0.29, 0.717) is 32.4 Å². The highest BCUT2D eigenvalue weighted by Gasteiger charge is 2.77. The molecule has 3 amide bonds. The summed E-state index contributed by atoms with van der Waals surface area (Å²) in [5.74, 6) is -3.28. The monoisotopic (exact) mass is 687 g/mol. The number of benzene rings is 1. The average Bonchev–Trinajstić information content (AvgIpc) is 3.64. The molecule has 0 saturated carbocycles. The smallest absolute Gasteiger partial charge is 0.306 e. The van der Waals surface area contributed by atoms with Crippen molar-refractivity contribution in [2.75, 3.05) is 26.3 Å². The molecular formula is C34H46BrN3O7. The number of ether oxygens (including phenoxy) is 2. The summed E-state index contributed by atoms with van der Waals surface area (Å²) in [7, 11) is 0. The molecule has 2 bridgehead atoms. The maximum atomic E-state index is 14.4. The van der Waals surface area contributed by atoms with E-state index in [1.54, 1.807) is 17.1 Å². The molecule has 3 heterocycles. The van der Waals surface area contributed by atoms with Gasteiger partial charge in [0.05, 0.1) is 36.6 Å². The van der Waals surface area contributed by atoms with E-state index >= 15 is 0 Å². The molecule has 3 fully saturated rings. The van der Waals surface area contributed by atoms with Gasteiger partial charge in [-0.05, 0) is 31.2 Å². The van der Waals surface area contributed by atoms with Gasteiger partial charge in [-0.1, -0.05) is 78.7 Å². The molecule has 3 aliphatic rings. The van der Waals surface area contributed by atoms with Crippen LogP contribution in [-0.2, 0) is 28.7 Å². The number of carbonyl (C=O) groups is 4. The Hall–Kier alpha value is -3.02. The van der Waals surface area contributed by atoms with E-state index in [1.807, 2.05) is 44.2 Å². The fourth-order valence-electron chi connectivity index (χ4n) is 7.07. The summed E-state index contributed by atoms with van der Waals surface area (Å²) in [6.07, 6.45) is 5.76. The van der Waals surface area contributed by atoms with Crippen molar-refractivity contribution in [3.05, 3.63) is 61.2 Å². The number of hydrogen-bond acceptors (Lipinski definition) is 7. The Balaban J connectivity index is 1.68. The Kier molecular flexibility index (Phi) is 12.0. The van der Waals surface area contributed by atoms with Crippen LogP contribution in [0.4, 0.5) is 0 Å². The topological polar surface area (TPSA) is 125 Å². The van der Waals surface area contributed by atoms with Crippen LogP contribution in [0.3, 0.4) is 0 Å². The highest BCUT2D eigenvalue weighted by atomic mass is 79.9. The van der Waals surface area contributed by atoms with E-state index < -0.39 is 53.5 Å². The zero-order chi connectivity index (χ0) is 32.7. The summed E-state index contributed by atoms with van der Waals surface area (Å²) in [4.78, 5) is 58.3. The van der Waals surface area contributed by atoms with Crippen molar-refractivity contribution < 1.29 is 33.8 Å². The number of nitrogens with zero attached hydrogens (tertiary/aromatic N) is 2. The van der Waals surface area contributed by atoms with Crippen LogP contribution >= 0.6 is 15.9 Å². The lowest BCUT2D eigenvalue weighted by atomic mass is 9.70. The number of esters is 1. The van der Waals surface area contributed by atoms with Crippen molar-refractivity contribution in [3.8, 4) is 0 Å². The first kappa shape index (κ1) is 34.8. The second-order valence-electron chi connectivity index (χ2n) is 12.1. The molecule has 1 aromatic carbocycles. The van der Waals surface area contributed by atoms with Crippen molar-refractivity contribution in [2.24, 2.45) is 11.8 Å². The number of alkyl halides is 1. The van der Waals surface area contributed by atoms with E-state index in [2.05, 4.69) is 34.4 Å². The Morgan fingerprint density at radius 3 is 2.60 bits per heavy atom. The minimum Gasteiger partial charge on any atom is -0.463 e. The fraction of sp³-hybridized carbons (Fsp3) is 0.588. The van der Waals surface area contributed by atoms with Crippen LogP contribution in [0.25, 0.3) is 0 Å². The molecule has 4 rings (SSSR count). The summed E-state index contributed by atoms with van der Waals surface area (Å²) in [6, 6.07) is 6.91. The highest BCUT2D eigenvalue weighted by molar-refractivity contribution is 9.09. The molecule has 2 N–H and O–H groups in total. The lowest BCUT2D eigenvalue weighted by Crippen LogP contribution is -2.59. The number of fused-ring (bicyclic) bond motifs is 1. The van der Waals surface area contributed by atoms with Crippen LogP contribution in [0.15, 0.2) is 55.6 Å². The number of allylic oxidation sites excluding steroid dienone is 1. The Labute approximate surface area is 274 Å². The molecule has 45 heavy (non-hydrogen) atoms. The highest BCUT2D eigenvalue weighted by Crippen LogP contribution is 2.60. The molecule has 0 aliphatic carbocycles. The second kappa shape index (κ2) is 15.5. The first-order chi connectivity index (χ1) is 21.7. The van der Waals surface area contributed by atoms with Gasteiger partial charge < -0.3 is 29.7 Å². The van der Waals surface area contributed by atoms with Crippen molar-refractivity contribution in [3.63, 3.8) is 0 Å². The van der Waals surface area contributed by atoms with E-state index in [9.17, 15) is 24.3 Å². The number of rotatable bonds is 17. The third-order valence-corrected chi connectivity index (χ3v) is 10.1. The molecule has 1 unspecified atom stereocenters. The van der Waals surface area contributed by atoms with Gasteiger partial charge in [-0.2, -0.15) is 0 Å². The summed E-state index contributed by atoms with van der Waals surface area (Å²) in [5.41, 5.74) is -0.505. The van der Waals surface area contributed by atoms with Gasteiger partial charge >= 0.3 is 5.97 Å². The number of nitrogens with one attached hydrogen (secondary N) is 1. The molecular weight excluding hydrogens is 642 g/mol. The molecule has 1 aromatic rings. The minimum atomic E-state index is -1.25. The molecule has 1 spiro atoms. The molecule has 246 valence electrons. The first-order valence-electron chi connectivity index (χ1n) is 15.9. The standard InChI is InChI=1S/C34H46BrN3O7/c1-5-9-16-26(40)44-21-25(22-14-12-11-13-15-22)36-31(41)27-28-32(42)38(23(8-4)20-39)30(34(28)19-24(35)29(27)45-34)33(43)37(17-7-3)18-10-6-2/h5,7,11-15,23-25,27-30,39H,1,3,6,8-10,16-21H2,2,4H3,(H,36,41)/t23-,24?,25+,27+,28-,29+,30+,34-/m0/s1. The Bertz CT molecular complexity index is 1240. The predicted octanol–water partition coefficient (Wildman–Crippen LogP) is 3.69. The number of likely N-dealkylation sites (tertiary alicyclic amines) is 1. The fourth-order valence-corrected chi connectivity index (χ4v) is 8.01. The van der Waals surface area contributed by atoms with Gasteiger partial charge in [0.1, 0.15) is 18.2 Å². The number of unbranched alkanes of at least 4 members (excludes halogenated alkanes) is 1. The zero-order valence-corrected chi connectivity index (χ0v) is 27.8. The van der Waals surface area contributed by atoms with Gasteiger partial charge in [-0.25, -0.2) is 0 Å². The molecule has 3 saturated heterocycles. The molecule has 8 atom stereocenters. The van der Waals surface area contributed by atoms with Gasteiger partial charge in [0.2, 0.25) is 17.7 Å². The van der Waals surface area contributed by atoms with E-state index in [1.165, 1.54) is 4.90 Å². The summed E-state index contributed by atoms with van der Waals surface area (Å²) >= 11 is 3.72. The van der Waals surface area contributed by atoms with Crippen molar-refractivity contribution >= 4 is 39.6 Å². The van der Waals surface area contributed by atoms with Crippen LogP contribution in [-0.4, -0.2) is 93.5 Å². The Morgan fingerprint density at radius 1 is 1.24 bits per heavy atom. The SMILES string of the molecule is C=CCCC(=O)OC[C@@H](NC(=O)[C@H]1[C@@H]2O[C@@]3(CC2Br)[C@@H]1C(=O)N([C@@H](CC)CO)[C@@H]3C(=O)N(CC=C)CCCC)c1ccccc1. The van der Waals surface area contributed by atoms with Crippen molar-refractivity contribution in [1.82, 2.24) is 15.1 Å². The Morgan fingerprint density at radius 2 is 1.98 bits per heavy atom. The van der Waals surface area contributed by atoms with E-state index in [-0.39, 0.29) is 36.3 Å². The molecule has 0 aromatic heterocycles. The number of hydrogen-bond donors (Lipinski definition) is 2. The van der Waals surface area contributed by atoms with Gasteiger partial charge in [0, 0.05) is 24.3 Å². The zero-order valence-electron chi connectivity index (χ0n) is 26.2. The number of carbonyl (C=O) groups excluding carboxylic acids is 4. The number of aliphatic hydroxyl groups excluding tert-OH is 1. The van der Waals surface area contributed by atoms with Crippen LogP contribution in [0.2, 0.25) is 0 Å². The van der Waals surface area contributed by atoms with Crippen LogP contribution in [0.1, 0.15) is 64.0 Å². The lowest BCUT2D eigenvalue weighted by Gasteiger charge is -2.39. The maximum absolute atomic E-state index is 14.4. The third kappa shape index (κ3) is 6.90. The van der Waals surface area contributed by atoms with Crippen LogP contribution in [0.5, 0.6) is 0 Å². The normalized spacial score (nSPS) is 27.9. The molecule has 0 radical (unpaired) electrons. The summed E-state index contributed by atoms with van der Waals surface area (Å²) in [6.45, 7) is 11.8. The third-order valence-electron chi connectivity index (χ3n) is 9.26. The maximum Gasteiger partial charge on any atom is 0.306 e. The first-order valence-corrected chi connectivity index (χ1v) is 16.9. The lowest BCUT2D eigenvalue weighted by molar-refractivity contribution is -0.151. The van der Waals surface area contributed by atoms with Crippen LogP contribution in [0, 0.1) is 11.8 Å². The van der Waals surface area contributed by atoms with Crippen molar-refractivity contribution in [2.45, 2.75) is 87.0 Å². The predicted molar refractivity (Wildman–Crippen MR) is 173 cm³/mol. The van der Waals surface area contributed by atoms with Gasteiger partial charge in [0.15, 0.2) is 0 Å². The van der Waals surface area contributed by atoms with Crippen molar-refractivity contribution in [1.29, 1.82) is 0 Å². The quantitative estimate of drug-likeness (QED) is 0.145. The molecule has 3 aliphatic heterocycles. The average molecular weight is 689 g/mol. The number of aliphatic hydroxyl groups is 1. The number of amides is 3. The summed E-state index contributed by atoms with van der Waals surface area (Å²) < 4.78 is 12.2. The van der Waals surface area contributed by atoms with Crippen LogP contribution < -0.4 is 5.32 Å². The summed E-state index contributed by atoms with van der Waals surface area (Å²) in [5, 5.41) is 13.4. The second-order valence-corrected chi connectivity index (χ2v) is 13.2. The number of halogens is 1. The molecule has 11 heteroatoms. The largest absolute Gasteiger partial charge is 0.463 e. The van der Waals surface area contributed by atoms with E-state index in [0.717, 1.165) is 18.4 Å².